The molecule has 2 rings (SSSR count). The first kappa shape index (κ1) is 13.0. The van der Waals surface area contributed by atoms with Gasteiger partial charge in [-0.15, -0.1) is 0 Å². The Morgan fingerprint density at radius 1 is 1.21 bits per heavy atom. The number of aromatic nitrogens is 2. The number of carboxylic acids is 1. The Labute approximate surface area is 110 Å². The van der Waals surface area contributed by atoms with Gasteiger partial charge in [0.1, 0.15) is 5.82 Å². The fraction of sp³-hybridized carbons (Fsp3) is 0.154. The summed E-state index contributed by atoms with van der Waals surface area (Å²) in [6, 6.07) is 6.87. The van der Waals surface area contributed by atoms with Gasteiger partial charge >= 0.3 is 5.97 Å². The van der Waals surface area contributed by atoms with E-state index >= 15 is 0 Å². The van der Waals surface area contributed by atoms with E-state index in [-0.39, 0.29) is 0 Å². The molecule has 0 amide bonds. The van der Waals surface area contributed by atoms with Crippen molar-refractivity contribution in [2.45, 2.75) is 13.1 Å². The molecule has 0 radical (unpaired) electrons. The zero-order chi connectivity index (χ0) is 13.7. The van der Waals surface area contributed by atoms with Crippen molar-refractivity contribution >= 4 is 11.7 Å². The van der Waals surface area contributed by atoms with Gasteiger partial charge < -0.3 is 16.2 Å². The summed E-state index contributed by atoms with van der Waals surface area (Å²) in [4.78, 5) is 19.1. The smallest absolute Gasteiger partial charge is 0.336 e. The normalized spacial score (nSPS) is 10.3. The van der Waals surface area contributed by atoms with Crippen molar-refractivity contribution in [1.29, 1.82) is 0 Å². The van der Waals surface area contributed by atoms with E-state index in [4.69, 9.17) is 10.8 Å². The van der Waals surface area contributed by atoms with Crippen LogP contribution in [0.5, 0.6) is 0 Å². The highest BCUT2D eigenvalue weighted by molar-refractivity contribution is 5.89. The fourth-order valence-electron chi connectivity index (χ4n) is 1.65. The maximum Gasteiger partial charge on any atom is 0.336 e. The molecule has 6 heteroatoms. The number of aromatic carboxylic acids is 1. The van der Waals surface area contributed by atoms with Crippen LogP contribution in [0.2, 0.25) is 0 Å². The Morgan fingerprint density at radius 3 is 2.58 bits per heavy atom. The SMILES string of the molecule is Nc1cnc(CNCc2ccccc2C(=O)O)nc1. The predicted molar refractivity (Wildman–Crippen MR) is 70.4 cm³/mol. The summed E-state index contributed by atoms with van der Waals surface area (Å²) < 4.78 is 0. The zero-order valence-electron chi connectivity index (χ0n) is 10.2. The van der Waals surface area contributed by atoms with E-state index in [2.05, 4.69) is 15.3 Å². The number of rotatable bonds is 5. The molecule has 1 aromatic heterocycles. The number of hydrogen-bond acceptors (Lipinski definition) is 5. The maximum absolute atomic E-state index is 11.0. The van der Waals surface area contributed by atoms with Crippen molar-refractivity contribution in [2.24, 2.45) is 0 Å². The summed E-state index contributed by atoms with van der Waals surface area (Å²) in [5.41, 5.74) is 7.03. The molecule has 98 valence electrons. The number of carbonyl (C=O) groups is 1. The minimum atomic E-state index is -0.930. The number of anilines is 1. The fourth-order valence-corrected chi connectivity index (χ4v) is 1.65. The summed E-state index contributed by atoms with van der Waals surface area (Å²) >= 11 is 0. The van der Waals surface area contributed by atoms with Gasteiger partial charge in [0.05, 0.1) is 30.2 Å². The van der Waals surface area contributed by atoms with Crippen LogP contribution in [0.4, 0.5) is 5.69 Å². The summed E-state index contributed by atoms with van der Waals surface area (Å²) in [7, 11) is 0. The molecule has 0 spiro atoms. The summed E-state index contributed by atoms with van der Waals surface area (Å²) in [6.45, 7) is 0.893. The highest BCUT2D eigenvalue weighted by Crippen LogP contribution is 2.08. The van der Waals surface area contributed by atoms with E-state index in [0.29, 0.717) is 30.2 Å². The third-order valence-electron chi connectivity index (χ3n) is 2.57. The Morgan fingerprint density at radius 2 is 1.89 bits per heavy atom. The first-order chi connectivity index (χ1) is 9.16. The lowest BCUT2D eigenvalue weighted by Crippen LogP contribution is -2.17. The molecule has 0 saturated carbocycles. The lowest BCUT2D eigenvalue weighted by Gasteiger charge is -2.07. The average Bonchev–Trinajstić information content (AvgIpc) is 2.41. The van der Waals surface area contributed by atoms with E-state index in [1.807, 2.05) is 6.07 Å². The van der Waals surface area contributed by atoms with E-state index < -0.39 is 5.97 Å². The molecule has 0 unspecified atom stereocenters. The van der Waals surface area contributed by atoms with Gasteiger partial charge in [0, 0.05) is 6.54 Å². The first-order valence-electron chi connectivity index (χ1n) is 5.75. The molecule has 6 nitrogen and oxygen atoms in total. The molecule has 0 aliphatic carbocycles. The lowest BCUT2D eigenvalue weighted by molar-refractivity contribution is 0.0695. The molecule has 0 fully saturated rings. The van der Waals surface area contributed by atoms with Crippen LogP contribution in [0.3, 0.4) is 0 Å². The number of nitrogens with one attached hydrogen (secondary N) is 1. The molecule has 1 aromatic carbocycles. The van der Waals surface area contributed by atoms with E-state index in [1.165, 1.54) is 12.4 Å². The third-order valence-corrected chi connectivity index (χ3v) is 2.57. The molecule has 4 N–H and O–H groups in total. The van der Waals surface area contributed by atoms with Crippen LogP contribution >= 0.6 is 0 Å². The van der Waals surface area contributed by atoms with E-state index in [9.17, 15) is 4.79 Å². The second-order valence-electron chi connectivity index (χ2n) is 4.00. The number of hydrogen-bond donors (Lipinski definition) is 3. The Balaban J connectivity index is 1.96. The third kappa shape index (κ3) is 3.49. The number of carboxylic acid groups (broad SMARTS) is 1. The molecule has 0 saturated heterocycles. The van der Waals surface area contributed by atoms with Gasteiger partial charge in [-0.2, -0.15) is 0 Å². The monoisotopic (exact) mass is 258 g/mol. The predicted octanol–water partition coefficient (Wildman–Crippen LogP) is 1.05. The molecule has 2 aromatic rings. The van der Waals surface area contributed by atoms with Gasteiger partial charge in [0.2, 0.25) is 0 Å². The Kier molecular flexibility index (Phi) is 4.04. The second-order valence-corrected chi connectivity index (χ2v) is 4.00. The van der Waals surface area contributed by atoms with Crippen LogP contribution < -0.4 is 11.1 Å². The van der Waals surface area contributed by atoms with Crippen molar-refractivity contribution < 1.29 is 9.90 Å². The molecule has 0 aliphatic heterocycles. The number of benzene rings is 1. The number of nitrogens with zero attached hydrogens (tertiary/aromatic N) is 2. The molecule has 0 atom stereocenters. The molecule has 0 aliphatic rings. The second kappa shape index (κ2) is 5.92. The molecular weight excluding hydrogens is 244 g/mol. The quantitative estimate of drug-likeness (QED) is 0.741. The Bertz CT molecular complexity index is 569. The van der Waals surface area contributed by atoms with Crippen molar-refractivity contribution in [3.8, 4) is 0 Å². The standard InChI is InChI=1S/C13H14N4O2/c14-10-6-16-12(17-7-10)8-15-5-9-3-1-2-4-11(9)13(18)19/h1-4,6-7,15H,5,8,14H2,(H,18,19). The summed E-state index contributed by atoms with van der Waals surface area (Å²) in [6.07, 6.45) is 3.07. The van der Waals surface area contributed by atoms with Crippen molar-refractivity contribution in [2.75, 3.05) is 5.73 Å². The van der Waals surface area contributed by atoms with Crippen LogP contribution in [-0.2, 0) is 13.1 Å². The van der Waals surface area contributed by atoms with Crippen LogP contribution in [0, 0.1) is 0 Å². The topological polar surface area (TPSA) is 101 Å². The minimum Gasteiger partial charge on any atom is -0.478 e. The number of nitrogen functional groups attached to an aromatic ring is 1. The molecular formula is C13H14N4O2. The zero-order valence-corrected chi connectivity index (χ0v) is 10.2. The van der Waals surface area contributed by atoms with Gasteiger partial charge in [0.25, 0.3) is 0 Å². The molecule has 1 heterocycles. The van der Waals surface area contributed by atoms with Gasteiger partial charge in [-0.05, 0) is 11.6 Å². The highest BCUT2D eigenvalue weighted by atomic mass is 16.4. The Hall–Kier alpha value is -2.47. The highest BCUT2D eigenvalue weighted by Gasteiger charge is 2.08. The van der Waals surface area contributed by atoms with Crippen LogP contribution in [0.1, 0.15) is 21.7 Å². The van der Waals surface area contributed by atoms with Crippen molar-refractivity contribution in [3.05, 3.63) is 53.6 Å². The minimum absolute atomic E-state index is 0.299. The van der Waals surface area contributed by atoms with Gasteiger partial charge in [-0.3, -0.25) is 0 Å². The van der Waals surface area contributed by atoms with Crippen LogP contribution in [0.25, 0.3) is 0 Å². The number of nitrogens with two attached hydrogens (primary N) is 1. The van der Waals surface area contributed by atoms with Crippen molar-refractivity contribution in [3.63, 3.8) is 0 Å². The van der Waals surface area contributed by atoms with Gasteiger partial charge in [0.15, 0.2) is 0 Å². The van der Waals surface area contributed by atoms with Gasteiger partial charge in [-0.25, -0.2) is 14.8 Å². The largest absolute Gasteiger partial charge is 0.478 e. The molecule has 19 heavy (non-hydrogen) atoms. The summed E-state index contributed by atoms with van der Waals surface area (Å²) in [5, 5.41) is 12.1. The first-order valence-corrected chi connectivity index (χ1v) is 5.75. The van der Waals surface area contributed by atoms with E-state index in [0.717, 1.165) is 5.56 Å². The summed E-state index contributed by atoms with van der Waals surface area (Å²) in [5.74, 6) is -0.317. The lowest BCUT2D eigenvalue weighted by atomic mass is 10.1. The van der Waals surface area contributed by atoms with E-state index in [1.54, 1.807) is 18.2 Å². The average molecular weight is 258 g/mol. The van der Waals surface area contributed by atoms with Crippen LogP contribution in [-0.4, -0.2) is 21.0 Å². The molecule has 0 bridgehead atoms. The van der Waals surface area contributed by atoms with Crippen molar-refractivity contribution in [1.82, 2.24) is 15.3 Å². The maximum atomic E-state index is 11.0. The van der Waals surface area contributed by atoms with Crippen LogP contribution in [0.15, 0.2) is 36.7 Å². The van der Waals surface area contributed by atoms with Gasteiger partial charge in [-0.1, -0.05) is 18.2 Å².